The standard InChI is InChI=1S/C12H19N3O4S2/c1-19-10-5-11(20-8-10)12(16)15-4-2-3-9(7-15)6-14-21(13,17)18/h5,8-9,14H,2-4,6-7H2,1H3,(H2,13,17,18). The van der Waals surface area contributed by atoms with Crippen LogP contribution in [0.5, 0.6) is 5.75 Å². The lowest BCUT2D eigenvalue weighted by Gasteiger charge is -2.32. The van der Waals surface area contributed by atoms with Gasteiger partial charge in [-0.3, -0.25) is 4.79 Å². The maximum absolute atomic E-state index is 12.4. The number of rotatable bonds is 5. The molecule has 1 unspecified atom stereocenters. The fourth-order valence-electron chi connectivity index (χ4n) is 2.34. The third-order valence-corrected chi connectivity index (χ3v) is 4.87. The summed E-state index contributed by atoms with van der Waals surface area (Å²) >= 11 is 1.35. The first-order valence-corrected chi connectivity index (χ1v) is 9.01. The smallest absolute Gasteiger partial charge is 0.274 e. The van der Waals surface area contributed by atoms with Gasteiger partial charge in [0.1, 0.15) is 5.75 Å². The zero-order valence-electron chi connectivity index (χ0n) is 11.7. The van der Waals surface area contributed by atoms with Gasteiger partial charge in [-0.05, 0) is 18.8 Å². The van der Waals surface area contributed by atoms with E-state index < -0.39 is 10.2 Å². The highest BCUT2D eigenvalue weighted by Crippen LogP contribution is 2.25. The Balaban J connectivity index is 1.95. The van der Waals surface area contributed by atoms with Crippen LogP contribution in [-0.2, 0) is 10.2 Å². The maximum atomic E-state index is 12.4. The largest absolute Gasteiger partial charge is 0.496 e. The first-order chi connectivity index (χ1) is 9.89. The number of piperidine rings is 1. The highest BCUT2D eigenvalue weighted by atomic mass is 32.2. The van der Waals surface area contributed by atoms with Gasteiger partial charge >= 0.3 is 0 Å². The van der Waals surface area contributed by atoms with Gasteiger partial charge in [-0.1, -0.05) is 0 Å². The molecular formula is C12H19N3O4S2. The van der Waals surface area contributed by atoms with Crippen molar-refractivity contribution < 1.29 is 17.9 Å². The average Bonchev–Trinajstić information content (AvgIpc) is 2.93. The van der Waals surface area contributed by atoms with Crippen molar-refractivity contribution in [3.63, 3.8) is 0 Å². The maximum Gasteiger partial charge on any atom is 0.274 e. The number of thiophene rings is 1. The topological polar surface area (TPSA) is 102 Å². The molecule has 7 nitrogen and oxygen atoms in total. The molecule has 3 N–H and O–H groups in total. The molecule has 9 heteroatoms. The van der Waals surface area contributed by atoms with Crippen LogP contribution in [0, 0.1) is 5.92 Å². The Bertz CT molecular complexity index is 599. The zero-order valence-corrected chi connectivity index (χ0v) is 13.4. The molecule has 0 radical (unpaired) electrons. The molecule has 2 heterocycles. The SMILES string of the molecule is COc1csc(C(=O)N2CCCC(CNS(N)(=O)=O)C2)c1. The molecule has 2 rings (SSSR count). The molecule has 1 atom stereocenters. The number of ether oxygens (including phenoxy) is 1. The second kappa shape index (κ2) is 6.73. The molecular weight excluding hydrogens is 314 g/mol. The van der Waals surface area contributed by atoms with Gasteiger partial charge in [0.15, 0.2) is 0 Å². The lowest BCUT2D eigenvalue weighted by Crippen LogP contribution is -2.44. The second-order valence-corrected chi connectivity index (χ2v) is 7.29. The van der Waals surface area contributed by atoms with Crippen LogP contribution in [-0.4, -0.2) is 46.0 Å². The summed E-state index contributed by atoms with van der Waals surface area (Å²) in [4.78, 5) is 14.8. The minimum absolute atomic E-state index is 0.0383. The molecule has 1 aliphatic heterocycles. The quantitative estimate of drug-likeness (QED) is 0.814. The molecule has 0 bridgehead atoms. The minimum atomic E-state index is -3.68. The molecule has 1 amide bonds. The Morgan fingerprint density at radius 2 is 2.38 bits per heavy atom. The normalized spacial score (nSPS) is 19.5. The number of likely N-dealkylation sites (tertiary alicyclic amines) is 1. The van der Waals surface area contributed by atoms with Gasteiger partial charge in [-0.25, -0.2) is 9.86 Å². The van der Waals surface area contributed by atoms with Crippen LogP contribution in [0.1, 0.15) is 22.5 Å². The molecule has 1 aromatic rings. The van der Waals surface area contributed by atoms with Crippen LogP contribution in [0.3, 0.4) is 0 Å². The lowest BCUT2D eigenvalue weighted by atomic mass is 9.98. The molecule has 1 aliphatic rings. The number of nitrogens with two attached hydrogens (primary N) is 1. The molecule has 21 heavy (non-hydrogen) atoms. The lowest BCUT2D eigenvalue weighted by molar-refractivity contribution is 0.0681. The van der Waals surface area contributed by atoms with E-state index in [-0.39, 0.29) is 18.4 Å². The van der Waals surface area contributed by atoms with Gasteiger partial charge in [0.25, 0.3) is 16.1 Å². The predicted molar refractivity (Wildman–Crippen MR) is 80.6 cm³/mol. The van der Waals surface area contributed by atoms with E-state index in [1.165, 1.54) is 11.3 Å². The Hall–Kier alpha value is -1.16. The van der Waals surface area contributed by atoms with Crippen LogP contribution in [0.2, 0.25) is 0 Å². The van der Waals surface area contributed by atoms with E-state index in [9.17, 15) is 13.2 Å². The number of methoxy groups -OCH3 is 1. The molecule has 1 aromatic heterocycles. The predicted octanol–water partition coefficient (Wildman–Crippen LogP) is 0.402. The van der Waals surface area contributed by atoms with E-state index in [4.69, 9.17) is 9.88 Å². The summed E-state index contributed by atoms with van der Waals surface area (Å²) in [7, 11) is -2.12. The van der Waals surface area contributed by atoms with Crippen LogP contribution < -0.4 is 14.6 Å². The second-order valence-electron chi connectivity index (χ2n) is 5.00. The average molecular weight is 333 g/mol. The minimum Gasteiger partial charge on any atom is -0.496 e. The molecule has 118 valence electrons. The number of carbonyl (C=O) groups is 1. The number of carbonyl (C=O) groups excluding carboxylic acids is 1. The Morgan fingerprint density at radius 3 is 3.00 bits per heavy atom. The monoisotopic (exact) mass is 333 g/mol. The first kappa shape index (κ1) is 16.2. The number of nitrogens with zero attached hydrogens (tertiary/aromatic N) is 1. The zero-order chi connectivity index (χ0) is 15.5. The molecule has 0 saturated carbocycles. The van der Waals surface area contributed by atoms with Crippen molar-refractivity contribution in [1.29, 1.82) is 0 Å². The van der Waals surface area contributed by atoms with E-state index in [2.05, 4.69) is 4.72 Å². The fraction of sp³-hybridized carbons (Fsp3) is 0.583. The van der Waals surface area contributed by atoms with Crippen LogP contribution >= 0.6 is 11.3 Å². The summed E-state index contributed by atoms with van der Waals surface area (Å²) in [6, 6.07) is 1.72. The van der Waals surface area contributed by atoms with Crippen molar-refractivity contribution in [1.82, 2.24) is 9.62 Å². The van der Waals surface area contributed by atoms with Gasteiger partial charge in [-0.2, -0.15) is 8.42 Å². The summed E-state index contributed by atoms with van der Waals surface area (Å²) in [5.74, 6) is 0.722. The van der Waals surface area contributed by atoms with Crippen molar-refractivity contribution in [2.45, 2.75) is 12.8 Å². The summed E-state index contributed by atoms with van der Waals surface area (Å²) < 4.78 is 29.2. The molecule has 1 fully saturated rings. The Morgan fingerprint density at radius 1 is 1.62 bits per heavy atom. The van der Waals surface area contributed by atoms with E-state index in [1.54, 1.807) is 23.5 Å². The fourth-order valence-corrected chi connectivity index (χ4v) is 3.63. The van der Waals surface area contributed by atoms with E-state index in [1.807, 2.05) is 0 Å². The summed E-state index contributed by atoms with van der Waals surface area (Å²) in [6.45, 7) is 1.48. The van der Waals surface area contributed by atoms with Crippen molar-refractivity contribution in [2.75, 3.05) is 26.7 Å². The third-order valence-electron chi connectivity index (χ3n) is 3.40. The van der Waals surface area contributed by atoms with Crippen molar-refractivity contribution >= 4 is 27.5 Å². The highest BCUT2D eigenvalue weighted by Gasteiger charge is 2.26. The number of hydrogen-bond acceptors (Lipinski definition) is 5. The van der Waals surface area contributed by atoms with Gasteiger partial charge in [-0.15, -0.1) is 11.3 Å². The number of amides is 1. The molecule has 0 aliphatic carbocycles. The van der Waals surface area contributed by atoms with Crippen LogP contribution in [0.4, 0.5) is 0 Å². The summed E-state index contributed by atoms with van der Waals surface area (Å²) in [5, 5.41) is 6.71. The van der Waals surface area contributed by atoms with Crippen molar-refractivity contribution in [2.24, 2.45) is 11.1 Å². The van der Waals surface area contributed by atoms with Gasteiger partial charge in [0.05, 0.1) is 12.0 Å². The number of hydrogen-bond donors (Lipinski definition) is 2. The molecule has 1 saturated heterocycles. The third kappa shape index (κ3) is 4.67. The summed E-state index contributed by atoms with van der Waals surface area (Å²) in [6.07, 6.45) is 1.73. The Kier molecular flexibility index (Phi) is 5.20. The van der Waals surface area contributed by atoms with E-state index in [0.717, 1.165) is 12.8 Å². The molecule has 0 aromatic carbocycles. The van der Waals surface area contributed by atoms with Gasteiger partial charge < -0.3 is 9.64 Å². The summed E-state index contributed by atoms with van der Waals surface area (Å²) in [5.41, 5.74) is 0. The number of nitrogens with one attached hydrogen (secondary N) is 1. The van der Waals surface area contributed by atoms with Gasteiger partial charge in [0, 0.05) is 31.1 Å². The van der Waals surface area contributed by atoms with Crippen LogP contribution in [0.25, 0.3) is 0 Å². The van der Waals surface area contributed by atoms with E-state index in [0.29, 0.717) is 23.7 Å². The Labute approximate surface area is 128 Å². The van der Waals surface area contributed by atoms with E-state index >= 15 is 0 Å². The highest BCUT2D eigenvalue weighted by molar-refractivity contribution is 7.87. The first-order valence-electron chi connectivity index (χ1n) is 6.58. The van der Waals surface area contributed by atoms with Crippen LogP contribution in [0.15, 0.2) is 11.4 Å². The van der Waals surface area contributed by atoms with Crippen molar-refractivity contribution in [3.8, 4) is 5.75 Å². The molecule has 0 spiro atoms. The van der Waals surface area contributed by atoms with Gasteiger partial charge in [0.2, 0.25) is 0 Å². The van der Waals surface area contributed by atoms with Crippen molar-refractivity contribution in [3.05, 3.63) is 16.3 Å².